The molecule has 1 saturated heterocycles. The molecule has 1 fully saturated rings. The first kappa shape index (κ1) is 18.9. The maximum absolute atomic E-state index is 15.0. The van der Waals surface area contributed by atoms with E-state index in [4.69, 9.17) is 4.74 Å². The van der Waals surface area contributed by atoms with Gasteiger partial charge in [0, 0.05) is 20.5 Å². The average Bonchev–Trinajstić information content (AvgIpc) is 3.32. The Morgan fingerprint density at radius 1 is 1.28 bits per heavy atom. The van der Waals surface area contributed by atoms with Crippen LogP contribution in [0.5, 0.6) is 0 Å². The SMILES string of the molecule is CC(=O)NC[C@H]1CN(c2cc(F)c(-c3c4n(c(=O)n3C)CC=C4)c(F)c2)C(=O)O1. The third-order valence-corrected chi connectivity index (χ3v) is 4.98. The zero-order valence-electron chi connectivity index (χ0n) is 15.7. The number of hydrogen-bond donors (Lipinski definition) is 1. The molecule has 3 heterocycles. The predicted octanol–water partition coefficient (Wildman–Crippen LogP) is 1.62. The van der Waals surface area contributed by atoms with Gasteiger partial charge >= 0.3 is 11.8 Å². The van der Waals surface area contributed by atoms with E-state index in [9.17, 15) is 23.2 Å². The molecule has 1 aromatic carbocycles. The van der Waals surface area contributed by atoms with Crippen molar-refractivity contribution in [2.45, 2.75) is 19.6 Å². The van der Waals surface area contributed by atoms with E-state index in [1.807, 2.05) is 0 Å². The molecular formula is C19H18F2N4O4. The van der Waals surface area contributed by atoms with Crippen LogP contribution in [0.1, 0.15) is 12.6 Å². The van der Waals surface area contributed by atoms with E-state index < -0.39 is 23.8 Å². The molecule has 0 unspecified atom stereocenters. The van der Waals surface area contributed by atoms with Gasteiger partial charge in [-0.25, -0.2) is 18.4 Å². The summed E-state index contributed by atoms with van der Waals surface area (Å²) in [5.74, 6) is -2.08. The smallest absolute Gasteiger partial charge is 0.414 e. The van der Waals surface area contributed by atoms with E-state index in [1.165, 1.54) is 23.1 Å². The number of imidazole rings is 1. The summed E-state index contributed by atoms with van der Waals surface area (Å²) in [6.45, 7) is 1.82. The van der Waals surface area contributed by atoms with Crippen LogP contribution in [-0.2, 0) is 23.1 Å². The third kappa shape index (κ3) is 3.10. The molecule has 0 radical (unpaired) electrons. The minimum absolute atomic E-state index is 0.00419. The minimum atomic E-state index is -0.901. The maximum Gasteiger partial charge on any atom is 0.414 e. The van der Waals surface area contributed by atoms with E-state index >= 15 is 0 Å². The quantitative estimate of drug-likeness (QED) is 0.839. The Morgan fingerprint density at radius 3 is 2.62 bits per heavy atom. The standard InChI is InChI=1S/C19H18F2N4O4/c1-10(26)22-8-12-9-25(19(28)29-12)11-6-13(20)16(14(21)7-11)17-15-4-3-5-24(15)18(27)23(17)2/h3-4,6-7,12H,5,8-9H2,1-2H3,(H,22,26)/t12-/m0/s1. The van der Waals surface area contributed by atoms with Gasteiger partial charge < -0.3 is 10.1 Å². The van der Waals surface area contributed by atoms with Gasteiger partial charge in [-0.1, -0.05) is 6.08 Å². The molecule has 2 amide bonds. The number of benzene rings is 1. The lowest BCUT2D eigenvalue weighted by Gasteiger charge is -2.16. The molecule has 8 nitrogen and oxygen atoms in total. The molecule has 1 atom stereocenters. The number of fused-ring (bicyclic) bond motifs is 1. The number of nitrogens with zero attached hydrogens (tertiary/aromatic N) is 3. The van der Waals surface area contributed by atoms with E-state index in [1.54, 1.807) is 12.2 Å². The molecule has 29 heavy (non-hydrogen) atoms. The fourth-order valence-electron chi connectivity index (χ4n) is 3.63. The zero-order valence-corrected chi connectivity index (χ0v) is 15.7. The zero-order chi connectivity index (χ0) is 20.9. The van der Waals surface area contributed by atoms with Crippen LogP contribution in [0.15, 0.2) is 23.0 Å². The van der Waals surface area contributed by atoms with Crippen LogP contribution in [0.2, 0.25) is 0 Å². The van der Waals surface area contributed by atoms with Gasteiger partial charge in [-0.05, 0) is 18.2 Å². The number of carbonyl (C=O) groups is 2. The summed E-state index contributed by atoms with van der Waals surface area (Å²) in [5, 5.41) is 2.53. The lowest BCUT2D eigenvalue weighted by atomic mass is 10.1. The van der Waals surface area contributed by atoms with Crippen molar-refractivity contribution >= 4 is 23.8 Å². The first-order valence-electron chi connectivity index (χ1n) is 8.96. The van der Waals surface area contributed by atoms with Crippen molar-refractivity contribution in [3.05, 3.63) is 46.0 Å². The highest BCUT2D eigenvalue weighted by molar-refractivity contribution is 5.90. The molecule has 0 saturated carbocycles. The maximum atomic E-state index is 15.0. The molecule has 2 aromatic rings. The lowest BCUT2D eigenvalue weighted by molar-refractivity contribution is -0.119. The van der Waals surface area contributed by atoms with Gasteiger partial charge in [0.25, 0.3) is 0 Å². The number of carbonyl (C=O) groups excluding carboxylic acids is 2. The summed E-state index contributed by atoms with van der Waals surface area (Å²) in [5.41, 5.74) is -0.143. The highest BCUT2D eigenvalue weighted by Crippen LogP contribution is 2.34. The predicted molar refractivity (Wildman–Crippen MR) is 100 cm³/mol. The molecule has 1 aromatic heterocycles. The van der Waals surface area contributed by atoms with Gasteiger partial charge in [0.15, 0.2) is 0 Å². The molecule has 10 heteroatoms. The summed E-state index contributed by atoms with van der Waals surface area (Å²) in [6.07, 6.45) is 2.00. The Kier molecular flexibility index (Phi) is 4.48. The Hall–Kier alpha value is -3.43. The molecule has 152 valence electrons. The topological polar surface area (TPSA) is 85.6 Å². The minimum Gasteiger partial charge on any atom is -0.442 e. The molecular weight excluding hydrogens is 386 g/mol. The van der Waals surface area contributed by atoms with Crippen molar-refractivity contribution in [2.24, 2.45) is 7.05 Å². The molecule has 2 aliphatic heterocycles. The van der Waals surface area contributed by atoms with Crippen LogP contribution in [0.25, 0.3) is 17.3 Å². The average molecular weight is 404 g/mol. The highest BCUT2D eigenvalue weighted by atomic mass is 19.1. The number of anilines is 1. The number of allylic oxidation sites excluding steroid dienone is 1. The largest absolute Gasteiger partial charge is 0.442 e. The van der Waals surface area contributed by atoms with Gasteiger partial charge in [-0.2, -0.15) is 0 Å². The number of amides is 2. The van der Waals surface area contributed by atoms with Crippen LogP contribution in [-0.4, -0.2) is 40.3 Å². The van der Waals surface area contributed by atoms with E-state index in [0.29, 0.717) is 12.2 Å². The monoisotopic (exact) mass is 404 g/mol. The normalized spacial score (nSPS) is 17.6. The van der Waals surface area contributed by atoms with Crippen LogP contribution >= 0.6 is 0 Å². The highest BCUT2D eigenvalue weighted by Gasteiger charge is 2.34. The van der Waals surface area contributed by atoms with Crippen molar-refractivity contribution in [3.8, 4) is 11.3 Å². The number of hydrogen-bond acceptors (Lipinski definition) is 4. The molecule has 1 N–H and O–H groups in total. The number of ether oxygens (including phenoxy) is 1. The molecule has 0 bridgehead atoms. The van der Waals surface area contributed by atoms with Gasteiger partial charge in [0.05, 0.1) is 35.7 Å². The Labute approximate surface area is 164 Å². The van der Waals surface area contributed by atoms with Crippen molar-refractivity contribution in [1.29, 1.82) is 0 Å². The summed E-state index contributed by atoms with van der Waals surface area (Å²) in [7, 11) is 1.45. The van der Waals surface area contributed by atoms with Gasteiger partial charge in [-0.3, -0.25) is 18.8 Å². The molecule has 0 aliphatic carbocycles. The van der Waals surface area contributed by atoms with Gasteiger partial charge in [0.2, 0.25) is 5.91 Å². The molecule has 0 spiro atoms. The Bertz CT molecular complexity index is 1100. The van der Waals surface area contributed by atoms with Crippen molar-refractivity contribution in [1.82, 2.24) is 14.5 Å². The number of rotatable bonds is 4. The van der Waals surface area contributed by atoms with Crippen molar-refractivity contribution in [2.75, 3.05) is 18.0 Å². The van der Waals surface area contributed by atoms with Crippen LogP contribution in [0.4, 0.5) is 19.3 Å². The van der Waals surface area contributed by atoms with Gasteiger partial charge in [-0.15, -0.1) is 0 Å². The summed E-state index contributed by atoms with van der Waals surface area (Å²) < 4.78 is 37.7. The molecule has 2 aliphatic rings. The first-order chi connectivity index (χ1) is 13.8. The van der Waals surface area contributed by atoms with Crippen LogP contribution in [0.3, 0.4) is 0 Å². The Balaban J connectivity index is 1.69. The Morgan fingerprint density at radius 2 is 1.97 bits per heavy atom. The second-order valence-electron chi connectivity index (χ2n) is 6.93. The fraction of sp³-hybridized carbons (Fsp3) is 0.316. The van der Waals surface area contributed by atoms with E-state index in [0.717, 1.165) is 17.0 Å². The number of halogens is 2. The van der Waals surface area contributed by atoms with E-state index in [-0.39, 0.29) is 41.6 Å². The second kappa shape index (κ2) is 6.87. The molecule has 4 rings (SSSR count). The third-order valence-electron chi connectivity index (χ3n) is 4.98. The van der Waals surface area contributed by atoms with Crippen molar-refractivity contribution < 1.29 is 23.1 Å². The van der Waals surface area contributed by atoms with Crippen LogP contribution < -0.4 is 15.9 Å². The summed E-state index contributed by atoms with van der Waals surface area (Å²) in [4.78, 5) is 36.5. The first-order valence-corrected chi connectivity index (χ1v) is 8.96. The van der Waals surface area contributed by atoms with E-state index in [2.05, 4.69) is 5.32 Å². The number of aromatic nitrogens is 2. The number of cyclic esters (lactones) is 1. The fourth-order valence-corrected chi connectivity index (χ4v) is 3.63. The van der Waals surface area contributed by atoms with Crippen LogP contribution in [0, 0.1) is 11.6 Å². The number of nitrogens with one attached hydrogen (secondary N) is 1. The second-order valence-corrected chi connectivity index (χ2v) is 6.93. The summed E-state index contributed by atoms with van der Waals surface area (Å²) in [6, 6.07) is 2.07. The van der Waals surface area contributed by atoms with Gasteiger partial charge in [0.1, 0.15) is 17.7 Å². The lowest BCUT2D eigenvalue weighted by Crippen LogP contribution is -2.33. The van der Waals surface area contributed by atoms with Crippen molar-refractivity contribution in [3.63, 3.8) is 0 Å². The summed E-state index contributed by atoms with van der Waals surface area (Å²) >= 11 is 0.